The molecule has 6 unspecified atom stereocenters. The standard InChI is InChI=1S/C35H57N5O7S/c1-20-17-35(20,26(41)28(43)36-21-13-14-21)38-27(42)24-23-22(33(23,8)9)18-40(24)29(44)25(31(2,3)4)37-30(45)39-34(15-11-10-12-16-34)19-48(46,47)32(5,6)7/h20-25H,10-19H2,1-9H3,(H,36,43)(H,38,42)(H2,37,39,45). The number of fused-ring (bicyclic) bond motifs is 1. The highest BCUT2D eigenvalue weighted by Crippen LogP contribution is 2.65. The van der Waals surface area contributed by atoms with Crippen molar-refractivity contribution < 1.29 is 32.4 Å². The second-order valence-electron chi connectivity index (χ2n) is 18.1. The lowest BCUT2D eigenvalue weighted by Crippen LogP contribution is -2.64. The number of carbonyl (C=O) groups is 5. The number of amides is 5. The average Bonchev–Trinajstić information content (AvgIpc) is 3.90. The maximum absolute atomic E-state index is 14.4. The van der Waals surface area contributed by atoms with Gasteiger partial charge >= 0.3 is 6.03 Å². The van der Waals surface area contributed by atoms with Crippen LogP contribution in [0.2, 0.25) is 0 Å². The third kappa shape index (κ3) is 6.86. The molecule has 0 bridgehead atoms. The van der Waals surface area contributed by atoms with E-state index < -0.39 is 72.7 Å². The van der Waals surface area contributed by atoms with E-state index in [1.165, 1.54) is 0 Å². The second-order valence-corrected chi connectivity index (χ2v) is 20.9. The van der Waals surface area contributed by atoms with E-state index in [2.05, 4.69) is 35.1 Å². The van der Waals surface area contributed by atoms with Crippen molar-refractivity contribution in [1.82, 2.24) is 26.2 Å². The number of likely N-dealkylation sites (tertiary alicyclic amines) is 1. The Labute approximate surface area is 286 Å². The van der Waals surface area contributed by atoms with Crippen molar-refractivity contribution >= 4 is 39.4 Å². The Hall–Kier alpha value is -2.70. The summed E-state index contributed by atoms with van der Waals surface area (Å²) in [6, 6.07) is -2.49. The largest absolute Gasteiger partial charge is 0.347 e. The number of piperidine rings is 1. The van der Waals surface area contributed by atoms with Crippen molar-refractivity contribution in [2.75, 3.05) is 12.3 Å². The van der Waals surface area contributed by atoms with Crippen LogP contribution < -0.4 is 21.3 Å². The van der Waals surface area contributed by atoms with Gasteiger partial charge in [0, 0.05) is 12.6 Å². The van der Waals surface area contributed by atoms with Crippen LogP contribution in [0.15, 0.2) is 0 Å². The van der Waals surface area contributed by atoms with Gasteiger partial charge in [0.05, 0.1) is 16.0 Å². The van der Waals surface area contributed by atoms with Gasteiger partial charge in [-0.15, -0.1) is 0 Å². The Morgan fingerprint density at radius 2 is 1.50 bits per heavy atom. The summed E-state index contributed by atoms with van der Waals surface area (Å²) in [6.07, 6.45) is 5.60. The molecular formula is C35H57N5O7S. The third-order valence-electron chi connectivity index (χ3n) is 11.9. The molecule has 5 amide bonds. The molecule has 6 atom stereocenters. The molecule has 4 saturated carbocycles. The lowest BCUT2D eigenvalue weighted by Gasteiger charge is -2.41. The van der Waals surface area contributed by atoms with E-state index >= 15 is 0 Å². The van der Waals surface area contributed by atoms with E-state index in [9.17, 15) is 32.4 Å². The number of nitrogens with one attached hydrogen (secondary N) is 4. The number of carbonyl (C=O) groups excluding carboxylic acids is 5. The van der Waals surface area contributed by atoms with E-state index in [4.69, 9.17) is 0 Å². The molecule has 5 aliphatic rings. The number of rotatable bonds is 10. The van der Waals surface area contributed by atoms with Crippen LogP contribution in [0.25, 0.3) is 0 Å². The molecule has 4 aliphatic carbocycles. The van der Waals surface area contributed by atoms with Gasteiger partial charge in [-0.05, 0) is 81.5 Å². The minimum atomic E-state index is -3.56. The first-order valence-corrected chi connectivity index (χ1v) is 19.4. The first kappa shape index (κ1) is 36.6. The van der Waals surface area contributed by atoms with E-state index in [0.717, 1.165) is 32.1 Å². The molecule has 13 heteroatoms. The highest BCUT2D eigenvalue weighted by atomic mass is 32.2. The maximum atomic E-state index is 14.4. The fourth-order valence-corrected chi connectivity index (χ4v) is 9.62. The molecular weight excluding hydrogens is 634 g/mol. The zero-order chi connectivity index (χ0) is 35.8. The number of ketones is 1. The minimum Gasteiger partial charge on any atom is -0.347 e. The minimum absolute atomic E-state index is 0.00846. The van der Waals surface area contributed by atoms with Gasteiger partial charge in [-0.1, -0.05) is 60.8 Å². The molecule has 1 aliphatic heterocycles. The van der Waals surface area contributed by atoms with Gasteiger partial charge in [0.15, 0.2) is 9.84 Å². The molecule has 270 valence electrons. The summed E-state index contributed by atoms with van der Waals surface area (Å²) < 4.78 is 25.6. The van der Waals surface area contributed by atoms with Crippen molar-refractivity contribution in [1.29, 1.82) is 0 Å². The fraction of sp³-hybridized carbons (Fsp3) is 0.857. The third-order valence-corrected chi connectivity index (χ3v) is 14.7. The zero-order valence-electron chi connectivity index (χ0n) is 30.2. The number of Topliss-reactive ketones (excluding diaryl/α,β-unsaturated/α-hetero) is 1. The molecule has 0 aromatic rings. The van der Waals surface area contributed by atoms with Crippen LogP contribution in [0.4, 0.5) is 4.79 Å². The predicted octanol–water partition coefficient (Wildman–Crippen LogP) is 2.84. The topological polar surface area (TPSA) is 171 Å². The van der Waals surface area contributed by atoms with Crippen molar-refractivity contribution in [3.63, 3.8) is 0 Å². The van der Waals surface area contributed by atoms with Gasteiger partial charge in [-0.3, -0.25) is 19.2 Å². The molecule has 1 heterocycles. The summed E-state index contributed by atoms with van der Waals surface area (Å²) in [7, 11) is -3.56. The molecule has 5 rings (SSSR count). The number of hydrogen-bond acceptors (Lipinski definition) is 7. The molecule has 12 nitrogen and oxygen atoms in total. The number of nitrogens with zero attached hydrogens (tertiary/aromatic N) is 1. The first-order chi connectivity index (χ1) is 22.0. The number of sulfone groups is 1. The first-order valence-electron chi connectivity index (χ1n) is 17.7. The quantitative estimate of drug-likeness (QED) is 0.255. The predicted molar refractivity (Wildman–Crippen MR) is 181 cm³/mol. The summed E-state index contributed by atoms with van der Waals surface area (Å²) in [4.78, 5) is 69.8. The molecule has 0 aromatic carbocycles. The normalized spacial score (nSPS) is 31.1. The lowest BCUT2D eigenvalue weighted by molar-refractivity contribution is -0.145. The molecule has 0 spiro atoms. The molecule has 0 aromatic heterocycles. The van der Waals surface area contributed by atoms with Gasteiger partial charge in [0.2, 0.25) is 17.6 Å². The molecule has 48 heavy (non-hydrogen) atoms. The second kappa shape index (κ2) is 12.0. The molecule has 4 N–H and O–H groups in total. The van der Waals surface area contributed by atoms with E-state index in [1.807, 2.05) is 27.7 Å². The Morgan fingerprint density at radius 1 is 0.917 bits per heavy atom. The zero-order valence-corrected chi connectivity index (χ0v) is 31.1. The molecule has 5 fully saturated rings. The van der Waals surface area contributed by atoms with Crippen molar-refractivity contribution in [2.45, 2.75) is 148 Å². The van der Waals surface area contributed by atoms with Gasteiger partial charge in [0.1, 0.15) is 17.6 Å². The van der Waals surface area contributed by atoms with E-state index in [1.54, 1.807) is 25.7 Å². The van der Waals surface area contributed by atoms with E-state index in [-0.39, 0.29) is 35.0 Å². The summed E-state index contributed by atoms with van der Waals surface area (Å²) in [5, 5.41) is 11.6. The lowest BCUT2D eigenvalue weighted by atomic mass is 9.83. The van der Waals surface area contributed by atoms with Gasteiger partial charge in [-0.25, -0.2) is 13.2 Å². The maximum Gasteiger partial charge on any atom is 0.315 e. The van der Waals surface area contributed by atoms with Gasteiger partial charge in [0.25, 0.3) is 5.91 Å². The fourth-order valence-electron chi connectivity index (χ4n) is 8.10. The summed E-state index contributed by atoms with van der Waals surface area (Å²) in [6.45, 7) is 16.8. The van der Waals surface area contributed by atoms with Crippen LogP contribution in [0.1, 0.15) is 114 Å². The van der Waals surface area contributed by atoms with Crippen LogP contribution in [0.3, 0.4) is 0 Å². The van der Waals surface area contributed by atoms with Gasteiger partial charge < -0.3 is 26.2 Å². The molecule has 0 radical (unpaired) electrons. The summed E-state index contributed by atoms with van der Waals surface area (Å²) in [5.41, 5.74) is -3.18. The Kier molecular flexibility index (Phi) is 9.12. The van der Waals surface area contributed by atoms with Crippen molar-refractivity contribution in [2.24, 2.45) is 28.6 Å². The van der Waals surface area contributed by atoms with Crippen LogP contribution in [0.5, 0.6) is 0 Å². The smallest absolute Gasteiger partial charge is 0.315 e. The summed E-state index contributed by atoms with van der Waals surface area (Å²) in [5.74, 6) is -2.65. The SMILES string of the molecule is CC1CC1(NC(=O)C1C2C(CN1C(=O)C(NC(=O)NC1(CS(=O)(=O)C(C)(C)C)CCCCC1)C(C)(C)C)C2(C)C)C(=O)C(=O)NC1CC1. The van der Waals surface area contributed by atoms with Gasteiger partial charge in [-0.2, -0.15) is 0 Å². The monoisotopic (exact) mass is 691 g/mol. The Morgan fingerprint density at radius 3 is 2.00 bits per heavy atom. The van der Waals surface area contributed by atoms with Crippen molar-refractivity contribution in [3.8, 4) is 0 Å². The Bertz CT molecular complexity index is 1470. The molecule has 1 saturated heterocycles. The Balaban J connectivity index is 1.34. The highest BCUT2D eigenvalue weighted by Gasteiger charge is 2.71. The van der Waals surface area contributed by atoms with Crippen LogP contribution in [-0.4, -0.2) is 89.1 Å². The highest BCUT2D eigenvalue weighted by molar-refractivity contribution is 7.92. The van der Waals surface area contributed by atoms with Crippen LogP contribution >= 0.6 is 0 Å². The van der Waals surface area contributed by atoms with Crippen LogP contribution in [0, 0.1) is 28.6 Å². The van der Waals surface area contributed by atoms with E-state index in [0.29, 0.717) is 25.8 Å². The number of hydrogen-bond donors (Lipinski definition) is 4. The van der Waals surface area contributed by atoms with Crippen LogP contribution in [-0.2, 0) is 29.0 Å². The average molecular weight is 692 g/mol. The summed E-state index contributed by atoms with van der Waals surface area (Å²) >= 11 is 0. The van der Waals surface area contributed by atoms with Crippen molar-refractivity contribution in [3.05, 3.63) is 0 Å². The number of urea groups is 1.